The number of hydrogen-bond acceptors (Lipinski definition) is 4. The van der Waals surface area contributed by atoms with Crippen LogP contribution < -0.4 is 4.90 Å². The number of rotatable bonds is 3. The number of fused-ring (bicyclic) bond motifs is 1. The molecule has 2 heterocycles. The first-order valence-corrected chi connectivity index (χ1v) is 6.60. The zero-order chi connectivity index (χ0) is 14.1. The highest BCUT2D eigenvalue weighted by Gasteiger charge is 2.22. The first-order chi connectivity index (χ1) is 9.66. The summed E-state index contributed by atoms with van der Waals surface area (Å²) in [5.74, 6) is 0.0148. The Morgan fingerprint density at radius 3 is 3.00 bits per heavy atom. The third-order valence-corrected chi connectivity index (χ3v) is 3.71. The van der Waals surface area contributed by atoms with Gasteiger partial charge in [-0.15, -0.1) is 0 Å². The molecule has 0 radical (unpaired) electrons. The molecule has 6 heteroatoms. The molecule has 0 spiro atoms. The molecule has 1 aliphatic rings. The van der Waals surface area contributed by atoms with Crippen LogP contribution in [0.1, 0.15) is 28.2 Å². The van der Waals surface area contributed by atoms with Crippen molar-refractivity contribution in [1.29, 1.82) is 0 Å². The lowest BCUT2D eigenvalue weighted by Crippen LogP contribution is -2.31. The Morgan fingerprint density at radius 2 is 2.30 bits per heavy atom. The van der Waals surface area contributed by atoms with Crippen LogP contribution >= 0.6 is 0 Å². The molecule has 2 aromatic rings. The average Bonchev–Trinajstić information content (AvgIpc) is 2.84. The van der Waals surface area contributed by atoms with Crippen molar-refractivity contribution in [3.8, 4) is 0 Å². The standard InChI is InChI=1S/C14H16N4O2/c1-17-13(15-9-16-17)8-18-7-3-5-10-11(14(19)20)4-2-6-12(10)18/h2,4,6,9H,3,5,7-8H2,1H3,(H,19,20). The predicted molar refractivity (Wildman–Crippen MR) is 73.8 cm³/mol. The molecule has 1 aliphatic heterocycles. The van der Waals surface area contributed by atoms with Crippen molar-refractivity contribution in [2.24, 2.45) is 7.05 Å². The summed E-state index contributed by atoms with van der Waals surface area (Å²) in [6.45, 7) is 1.55. The summed E-state index contributed by atoms with van der Waals surface area (Å²) in [7, 11) is 1.86. The van der Waals surface area contributed by atoms with Crippen molar-refractivity contribution in [3.05, 3.63) is 41.5 Å². The van der Waals surface area contributed by atoms with E-state index in [2.05, 4.69) is 15.0 Å². The highest BCUT2D eigenvalue weighted by molar-refractivity contribution is 5.91. The number of carboxylic acid groups (broad SMARTS) is 1. The fourth-order valence-corrected chi connectivity index (χ4v) is 2.70. The van der Waals surface area contributed by atoms with Gasteiger partial charge in [-0.25, -0.2) is 9.78 Å². The highest BCUT2D eigenvalue weighted by atomic mass is 16.4. The Balaban J connectivity index is 1.96. The average molecular weight is 272 g/mol. The number of aryl methyl sites for hydroxylation is 1. The quantitative estimate of drug-likeness (QED) is 0.916. The Hall–Kier alpha value is -2.37. The summed E-state index contributed by atoms with van der Waals surface area (Å²) in [6, 6.07) is 5.46. The van der Waals surface area contributed by atoms with Gasteiger partial charge in [-0.05, 0) is 30.5 Å². The van der Waals surface area contributed by atoms with Gasteiger partial charge in [0.25, 0.3) is 0 Å². The molecule has 0 atom stereocenters. The number of aromatic nitrogens is 3. The van der Waals surface area contributed by atoms with Crippen molar-refractivity contribution < 1.29 is 9.90 Å². The van der Waals surface area contributed by atoms with Gasteiger partial charge in [0.15, 0.2) is 0 Å². The van der Waals surface area contributed by atoms with E-state index in [1.165, 1.54) is 6.33 Å². The number of nitrogens with zero attached hydrogens (tertiary/aromatic N) is 4. The summed E-state index contributed by atoms with van der Waals surface area (Å²) < 4.78 is 1.75. The van der Waals surface area contributed by atoms with Crippen LogP contribution in [0, 0.1) is 0 Å². The number of carbonyl (C=O) groups is 1. The van der Waals surface area contributed by atoms with Gasteiger partial charge < -0.3 is 10.0 Å². The van der Waals surface area contributed by atoms with E-state index >= 15 is 0 Å². The fraction of sp³-hybridized carbons (Fsp3) is 0.357. The monoisotopic (exact) mass is 272 g/mol. The summed E-state index contributed by atoms with van der Waals surface area (Å²) in [6.07, 6.45) is 3.30. The zero-order valence-electron chi connectivity index (χ0n) is 11.3. The van der Waals surface area contributed by atoms with Gasteiger partial charge in [-0.2, -0.15) is 5.10 Å². The van der Waals surface area contributed by atoms with Gasteiger partial charge in [0, 0.05) is 19.3 Å². The van der Waals surface area contributed by atoms with Crippen molar-refractivity contribution in [2.75, 3.05) is 11.4 Å². The summed E-state index contributed by atoms with van der Waals surface area (Å²) in [5, 5.41) is 13.4. The molecule has 0 saturated heterocycles. The van der Waals surface area contributed by atoms with Gasteiger partial charge in [0.2, 0.25) is 0 Å². The number of aromatic carboxylic acids is 1. The molecule has 0 saturated carbocycles. The smallest absolute Gasteiger partial charge is 0.336 e. The number of anilines is 1. The van der Waals surface area contributed by atoms with E-state index in [9.17, 15) is 9.90 Å². The van der Waals surface area contributed by atoms with Gasteiger partial charge in [-0.1, -0.05) is 6.07 Å². The van der Waals surface area contributed by atoms with Crippen LogP contribution in [0.25, 0.3) is 0 Å². The molecule has 0 bridgehead atoms. The van der Waals surface area contributed by atoms with E-state index in [1.54, 1.807) is 16.8 Å². The maximum atomic E-state index is 11.3. The minimum absolute atomic E-state index is 0.408. The molecule has 104 valence electrons. The molecule has 1 aromatic heterocycles. The fourth-order valence-electron chi connectivity index (χ4n) is 2.70. The van der Waals surface area contributed by atoms with E-state index in [4.69, 9.17) is 0 Å². The largest absolute Gasteiger partial charge is 0.478 e. The van der Waals surface area contributed by atoms with Crippen LogP contribution in [-0.4, -0.2) is 32.4 Å². The van der Waals surface area contributed by atoms with Crippen LogP contribution in [0.4, 0.5) is 5.69 Å². The Labute approximate surface area is 116 Å². The van der Waals surface area contributed by atoms with Crippen molar-refractivity contribution in [1.82, 2.24) is 14.8 Å². The lowest BCUT2D eigenvalue weighted by Gasteiger charge is -2.31. The number of carboxylic acids is 1. The van der Waals surface area contributed by atoms with Crippen molar-refractivity contribution in [2.45, 2.75) is 19.4 Å². The van der Waals surface area contributed by atoms with E-state index in [1.807, 2.05) is 13.1 Å². The van der Waals surface area contributed by atoms with Gasteiger partial charge >= 0.3 is 5.97 Å². The highest BCUT2D eigenvalue weighted by Crippen LogP contribution is 2.30. The van der Waals surface area contributed by atoms with E-state index in [-0.39, 0.29) is 0 Å². The van der Waals surface area contributed by atoms with Crippen LogP contribution in [0.15, 0.2) is 24.5 Å². The Morgan fingerprint density at radius 1 is 1.45 bits per heavy atom. The van der Waals surface area contributed by atoms with Crippen LogP contribution in [0.5, 0.6) is 0 Å². The Kier molecular flexibility index (Phi) is 3.14. The Bertz CT molecular complexity index is 650. The topological polar surface area (TPSA) is 71.2 Å². The summed E-state index contributed by atoms with van der Waals surface area (Å²) in [5.41, 5.74) is 2.33. The second-order valence-electron chi connectivity index (χ2n) is 4.93. The maximum absolute atomic E-state index is 11.3. The third kappa shape index (κ3) is 2.13. The van der Waals surface area contributed by atoms with E-state index in [0.717, 1.165) is 36.5 Å². The molecular weight excluding hydrogens is 256 g/mol. The third-order valence-electron chi connectivity index (χ3n) is 3.71. The minimum Gasteiger partial charge on any atom is -0.478 e. The summed E-state index contributed by atoms with van der Waals surface area (Å²) in [4.78, 5) is 17.7. The molecular formula is C14H16N4O2. The van der Waals surface area contributed by atoms with E-state index in [0.29, 0.717) is 12.1 Å². The lowest BCUT2D eigenvalue weighted by atomic mass is 9.96. The first kappa shape index (κ1) is 12.7. The maximum Gasteiger partial charge on any atom is 0.336 e. The van der Waals surface area contributed by atoms with Crippen LogP contribution in [0.3, 0.4) is 0 Å². The van der Waals surface area contributed by atoms with Gasteiger partial charge in [0.1, 0.15) is 12.2 Å². The molecule has 3 rings (SSSR count). The minimum atomic E-state index is -0.859. The van der Waals surface area contributed by atoms with Gasteiger partial charge in [0.05, 0.1) is 12.1 Å². The van der Waals surface area contributed by atoms with E-state index < -0.39 is 5.97 Å². The molecule has 6 nitrogen and oxygen atoms in total. The zero-order valence-corrected chi connectivity index (χ0v) is 11.3. The molecule has 0 aliphatic carbocycles. The number of hydrogen-bond donors (Lipinski definition) is 1. The molecule has 0 unspecified atom stereocenters. The number of benzene rings is 1. The molecule has 1 N–H and O–H groups in total. The van der Waals surface area contributed by atoms with Crippen LogP contribution in [-0.2, 0) is 20.0 Å². The van der Waals surface area contributed by atoms with Crippen molar-refractivity contribution in [3.63, 3.8) is 0 Å². The van der Waals surface area contributed by atoms with Gasteiger partial charge in [-0.3, -0.25) is 4.68 Å². The van der Waals surface area contributed by atoms with Crippen LogP contribution in [0.2, 0.25) is 0 Å². The lowest BCUT2D eigenvalue weighted by molar-refractivity contribution is 0.0695. The predicted octanol–water partition coefficient (Wildman–Crippen LogP) is 1.47. The second-order valence-corrected chi connectivity index (χ2v) is 4.93. The SMILES string of the molecule is Cn1ncnc1CN1CCCc2c(C(=O)O)cccc21. The van der Waals surface area contributed by atoms with Crippen molar-refractivity contribution >= 4 is 11.7 Å². The second kappa shape index (κ2) is 4.96. The molecule has 0 fully saturated rings. The summed E-state index contributed by atoms with van der Waals surface area (Å²) >= 11 is 0. The molecule has 1 aromatic carbocycles. The normalized spacial score (nSPS) is 14.2. The molecule has 0 amide bonds. The first-order valence-electron chi connectivity index (χ1n) is 6.60. The molecule has 20 heavy (non-hydrogen) atoms.